The second-order valence-corrected chi connectivity index (χ2v) is 5.45. The van der Waals surface area contributed by atoms with E-state index in [2.05, 4.69) is 5.32 Å². The molecule has 0 radical (unpaired) electrons. The van der Waals surface area contributed by atoms with Crippen LogP contribution in [0, 0.1) is 0 Å². The van der Waals surface area contributed by atoms with Crippen LogP contribution >= 0.6 is 11.6 Å². The molecule has 2 rings (SSSR count). The van der Waals surface area contributed by atoms with Gasteiger partial charge in [-0.05, 0) is 50.2 Å². The number of hydrogen-bond donors (Lipinski definition) is 1. The molecule has 6 heteroatoms. The Hall–Kier alpha value is -2.53. The van der Waals surface area contributed by atoms with Gasteiger partial charge in [-0.15, -0.1) is 0 Å². The molecule has 0 aromatic heterocycles. The van der Waals surface area contributed by atoms with E-state index in [9.17, 15) is 9.59 Å². The minimum absolute atomic E-state index is 0.320. The summed E-state index contributed by atoms with van der Waals surface area (Å²) in [4.78, 5) is 23.1. The minimum Gasteiger partial charge on any atom is -0.490 e. The number of aldehydes is 1. The summed E-state index contributed by atoms with van der Waals surface area (Å²) in [5.41, 5.74) is 1.06. The van der Waals surface area contributed by atoms with Gasteiger partial charge in [-0.1, -0.05) is 17.7 Å². The molecule has 0 unspecified atom stereocenters. The minimum atomic E-state index is -0.759. The van der Waals surface area contributed by atoms with Gasteiger partial charge in [-0.3, -0.25) is 9.59 Å². The fourth-order valence-corrected chi connectivity index (χ4v) is 2.21. The predicted octanol–water partition coefficient (Wildman–Crippen LogP) is 3.96. The topological polar surface area (TPSA) is 64.6 Å². The van der Waals surface area contributed by atoms with E-state index in [1.54, 1.807) is 49.4 Å². The zero-order valence-electron chi connectivity index (χ0n) is 13.4. The first-order valence-electron chi connectivity index (χ1n) is 7.48. The van der Waals surface area contributed by atoms with Crippen LogP contribution in [0.15, 0.2) is 42.5 Å². The van der Waals surface area contributed by atoms with Crippen molar-refractivity contribution >= 4 is 29.5 Å². The lowest BCUT2D eigenvalue weighted by Gasteiger charge is -2.17. The van der Waals surface area contributed by atoms with Gasteiger partial charge in [0.25, 0.3) is 5.91 Å². The molecule has 1 N–H and O–H groups in total. The van der Waals surface area contributed by atoms with Gasteiger partial charge in [-0.2, -0.15) is 0 Å². The maximum Gasteiger partial charge on any atom is 0.265 e. The first-order chi connectivity index (χ1) is 11.5. The van der Waals surface area contributed by atoms with E-state index < -0.39 is 6.10 Å². The van der Waals surface area contributed by atoms with Gasteiger partial charge in [0.05, 0.1) is 6.61 Å². The number of ether oxygens (including phenoxy) is 2. The summed E-state index contributed by atoms with van der Waals surface area (Å²) in [7, 11) is 0. The summed E-state index contributed by atoms with van der Waals surface area (Å²) in [6.45, 7) is 3.87. The first-order valence-corrected chi connectivity index (χ1v) is 7.86. The van der Waals surface area contributed by atoms with Crippen molar-refractivity contribution in [1.82, 2.24) is 0 Å². The lowest BCUT2D eigenvalue weighted by Crippen LogP contribution is -2.30. The molecule has 0 bridgehead atoms. The Balaban J connectivity index is 2.09. The van der Waals surface area contributed by atoms with Crippen LogP contribution in [-0.4, -0.2) is 24.9 Å². The maximum atomic E-state index is 12.2. The van der Waals surface area contributed by atoms with Gasteiger partial charge in [0.15, 0.2) is 17.6 Å². The summed E-state index contributed by atoms with van der Waals surface area (Å²) >= 11 is 5.89. The Morgan fingerprint density at radius 3 is 2.71 bits per heavy atom. The molecule has 24 heavy (non-hydrogen) atoms. The first kappa shape index (κ1) is 17.8. The number of carbonyl (C=O) groups is 2. The lowest BCUT2D eigenvalue weighted by atomic mass is 10.2. The van der Waals surface area contributed by atoms with Gasteiger partial charge in [0.2, 0.25) is 0 Å². The number of nitrogens with one attached hydrogen (secondary N) is 1. The Bertz CT molecular complexity index is 733. The zero-order chi connectivity index (χ0) is 17.5. The second kappa shape index (κ2) is 8.36. The van der Waals surface area contributed by atoms with Crippen LogP contribution in [0.2, 0.25) is 5.02 Å². The van der Waals surface area contributed by atoms with Crippen LogP contribution in [0.4, 0.5) is 5.69 Å². The number of amides is 1. The highest BCUT2D eigenvalue weighted by atomic mass is 35.5. The summed E-state index contributed by atoms with van der Waals surface area (Å²) in [6, 6.07) is 11.6. The highest BCUT2D eigenvalue weighted by Gasteiger charge is 2.17. The summed E-state index contributed by atoms with van der Waals surface area (Å²) in [5, 5.41) is 3.26. The molecule has 5 nitrogen and oxygen atoms in total. The zero-order valence-corrected chi connectivity index (χ0v) is 14.2. The largest absolute Gasteiger partial charge is 0.490 e. The quantitative estimate of drug-likeness (QED) is 0.770. The van der Waals surface area contributed by atoms with Crippen molar-refractivity contribution < 1.29 is 19.1 Å². The van der Waals surface area contributed by atoms with Crippen molar-refractivity contribution in [3.05, 3.63) is 53.1 Å². The van der Waals surface area contributed by atoms with Crippen molar-refractivity contribution in [3.63, 3.8) is 0 Å². The fraction of sp³-hybridized carbons (Fsp3) is 0.222. The molecule has 0 aliphatic rings. The number of halogens is 1. The monoisotopic (exact) mass is 347 g/mol. The fourth-order valence-electron chi connectivity index (χ4n) is 2.02. The Kier molecular flexibility index (Phi) is 6.21. The summed E-state index contributed by atoms with van der Waals surface area (Å²) < 4.78 is 11.1. The van der Waals surface area contributed by atoms with E-state index >= 15 is 0 Å². The Labute approximate surface area is 145 Å². The third-order valence-electron chi connectivity index (χ3n) is 3.17. The van der Waals surface area contributed by atoms with Crippen LogP contribution in [0.5, 0.6) is 11.5 Å². The highest BCUT2D eigenvalue weighted by molar-refractivity contribution is 6.30. The summed E-state index contributed by atoms with van der Waals surface area (Å²) in [5.74, 6) is 0.500. The SMILES string of the molecule is CCOc1cc(C=O)ccc1O[C@H](C)C(=O)Nc1cccc(Cl)c1. The molecular formula is C18H18ClNO4. The normalized spacial score (nSPS) is 11.5. The van der Waals surface area contributed by atoms with Crippen LogP contribution < -0.4 is 14.8 Å². The number of rotatable bonds is 7. The molecule has 0 aliphatic heterocycles. The van der Waals surface area contributed by atoms with E-state index in [-0.39, 0.29) is 5.91 Å². The molecule has 0 fully saturated rings. The lowest BCUT2D eigenvalue weighted by molar-refractivity contribution is -0.122. The van der Waals surface area contributed by atoms with Crippen molar-refractivity contribution in [2.24, 2.45) is 0 Å². The van der Waals surface area contributed by atoms with Gasteiger partial charge in [0, 0.05) is 16.3 Å². The molecule has 2 aromatic carbocycles. The molecule has 126 valence electrons. The van der Waals surface area contributed by atoms with Gasteiger partial charge in [0.1, 0.15) is 6.29 Å². The van der Waals surface area contributed by atoms with Gasteiger partial charge in [-0.25, -0.2) is 0 Å². The Morgan fingerprint density at radius 2 is 2.04 bits per heavy atom. The van der Waals surface area contributed by atoms with Crippen molar-refractivity contribution in [2.75, 3.05) is 11.9 Å². The van der Waals surface area contributed by atoms with Crippen molar-refractivity contribution in [1.29, 1.82) is 0 Å². The molecule has 0 saturated heterocycles. The van der Waals surface area contributed by atoms with Crippen LogP contribution in [-0.2, 0) is 4.79 Å². The summed E-state index contributed by atoms with van der Waals surface area (Å²) in [6.07, 6.45) is -0.0352. The number of anilines is 1. The van der Waals surface area contributed by atoms with Crippen molar-refractivity contribution in [2.45, 2.75) is 20.0 Å². The second-order valence-electron chi connectivity index (χ2n) is 5.02. The molecule has 0 heterocycles. The average Bonchev–Trinajstić information content (AvgIpc) is 2.56. The van der Waals surface area contributed by atoms with E-state index in [1.807, 2.05) is 6.92 Å². The standard InChI is InChI=1S/C18H18ClNO4/c1-3-23-17-9-13(11-21)7-8-16(17)24-12(2)18(22)20-15-6-4-5-14(19)10-15/h4-12H,3H2,1-2H3,(H,20,22)/t12-/m1/s1. The number of hydrogen-bond acceptors (Lipinski definition) is 4. The molecular weight excluding hydrogens is 330 g/mol. The van der Waals surface area contributed by atoms with E-state index in [4.69, 9.17) is 21.1 Å². The number of carbonyl (C=O) groups excluding carboxylic acids is 2. The van der Waals surface area contributed by atoms with Crippen molar-refractivity contribution in [3.8, 4) is 11.5 Å². The maximum absolute atomic E-state index is 12.2. The third-order valence-corrected chi connectivity index (χ3v) is 3.40. The third kappa shape index (κ3) is 4.73. The highest BCUT2D eigenvalue weighted by Crippen LogP contribution is 2.29. The molecule has 1 atom stereocenters. The van der Waals surface area contributed by atoms with Gasteiger partial charge < -0.3 is 14.8 Å². The smallest absolute Gasteiger partial charge is 0.265 e. The van der Waals surface area contributed by atoms with E-state index in [0.29, 0.717) is 34.4 Å². The van der Waals surface area contributed by atoms with Gasteiger partial charge >= 0.3 is 0 Å². The van der Waals surface area contributed by atoms with Crippen LogP contribution in [0.1, 0.15) is 24.2 Å². The van der Waals surface area contributed by atoms with E-state index in [1.165, 1.54) is 0 Å². The Morgan fingerprint density at radius 1 is 1.25 bits per heavy atom. The molecule has 1 amide bonds. The molecule has 2 aromatic rings. The number of benzene rings is 2. The van der Waals surface area contributed by atoms with Crippen LogP contribution in [0.3, 0.4) is 0 Å². The molecule has 0 saturated carbocycles. The average molecular weight is 348 g/mol. The van der Waals surface area contributed by atoms with Crippen LogP contribution in [0.25, 0.3) is 0 Å². The van der Waals surface area contributed by atoms with E-state index in [0.717, 1.165) is 6.29 Å². The molecule has 0 aliphatic carbocycles. The predicted molar refractivity (Wildman–Crippen MR) is 93.2 cm³/mol. The molecule has 0 spiro atoms.